The number of alkyl halides is 2. The molecular formula is C10H11F3N2O2. The fourth-order valence-corrected chi connectivity index (χ4v) is 1.36. The molecule has 3 N–H and O–H groups in total. The minimum Gasteiger partial charge on any atom is -0.478 e. The summed E-state index contributed by atoms with van der Waals surface area (Å²) in [4.78, 5) is 11.7. The van der Waals surface area contributed by atoms with Gasteiger partial charge in [0, 0.05) is 12.7 Å². The minimum absolute atomic E-state index is 0.225. The average Bonchev–Trinajstić information content (AvgIpc) is 2.15. The van der Waals surface area contributed by atoms with Crippen LogP contribution in [0.2, 0.25) is 0 Å². The van der Waals surface area contributed by atoms with Crippen molar-refractivity contribution in [2.75, 3.05) is 24.2 Å². The molecule has 0 aliphatic heterocycles. The molecule has 94 valence electrons. The Labute approximate surface area is 95.4 Å². The van der Waals surface area contributed by atoms with Crippen molar-refractivity contribution in [3.05, 3.63) is 23.5 Å². The Morgan fingerprint density at radius 3 is 2.59 bits per heavy atom. The Hall–Kier alpha value is -1.92. The molecule has 4 nitrogen and oxygen atoms in total. The second kappa shape index (κ2) is 4.94. The molecular weight excluding hydrogens is 237 g/mol. The normalized spacial score (nSPS) is 10.6. The molecule has 0 aliphatic carbocycles. The van der Waals surface area contributed by atoms with E-state index in [0.717, 1.165) is 17.0 Å². The van der Waals surface area contributed by atoms with Crippen LogP contribution in [0.1, 0.15) is 10.4 Å². The van der Waals surface area contributed by atoms with E-state index in [1.165, 1.54) is 7.05 Å². The lowest BCUT2D eigenvalue weighted by Crippen LogP contribution is -2.25. The summed E-state index contributed by atoms with van der Waals surface area (Å²) in [5.74, 6) is -2.18. The zero-order chi connectivity index (χ0) is 13.2. The van der Waals surface area contributed by atoms with Gasteiger partial charge >= 0.3 is 5.97 Å². The summed E-state index contributed by atoms with van der Waals surface area (Å²) in [7, 11) is 1.24. The highest BCUT2D eigenvalue weighted by Gasteiger charge is 2.17. The van der Waals surface area contributed by atoms with Crippen molar-refractivity contribution in [3.8, 4) is 0 Å². The summed E-state index contributed by atoms with van der Waals surface area (Å²) in [6.07, 6.45) is -2.65. The minimum atomic E-state index is -2.65. The van der Waals surface area contributed by atoms with Gasteiger partial charge in [0.15, 0.2) is 0 Å². The van der Waals surface area contributed by atoms with Gasteiger partial charge in [0.05, 0.1) is 17.8 Å². The smallest absolute Gasteiger partial charge is 0.337 e. The van der Waals surface area contributed by atoms with E-state index in [4.69, 9.17) is 10.8 Å². The van der Waals surface area contributed by atoms with E-state index in [1.807, 2.05) is 0 Å². The van der Waals surface area contributed by atoms with E-state index >= 15 is 0 Å². The molecule has 0 aliphatic rings. The standard InChI is InChI=1S/C10H11F3N2O2/c1-15(4-9(12)13)8-2-5(10(16)17)7(14)3-6(8)11/h2-3,9H,4,14H2,1H3,(H,16,17). The third-order valence-electron chi connectivity index (χ3n) is 2.17. The first-order chi connectivity index (χ1) is 7.82. The second-order valence-corrected chi connectivity index (χ2v) is 3.47. The van der Waals surface area contributed by atoms with Crippen molar-refractivity contribution < 1.29 is 23.1 Å². The first-order valence-electron chi connectivity index (χ1n) is 4.64. The maximum atomic E-state index is 13.4. The summed E-state index contributed by atoms with van der Waals surface area (Å²) in [6.45, 7) is -0.695. The van der Waals surface area contributed by atoms with Gasteiger partial charge in [-0.05, 0) is 12.1 Å². The fourth-order valence-electron chi connectivity index (χ4n) is 1.36. The molecule has 0 fully saturated rings. The Kier molecular flexibility index (Phi) is 3.82. The molecule has 0 atom stereocenters. The van der Waals surface area contributed by atoms with Crippen LogP contribution < -0.4 is 10.6 Å². The number of carboxylic acid groups (broad SMARTS) is 1. The van der Waals surface area contributed by atoms with Crippen molar-refractivity contribution in [3.63, 3.8) is 0 Å². The fraction of sp³-hybridized carbons (Fsp3) is 0.300. The number of halogens is 3. The van der Waals surface area contributed by atoms with Gasteiger partial charge in [-0.3, -0.25) is 0 Å². The van der Waals surface area contributed by atoms with Crippen molar-refractivity contribution in [2.45, 2.75) is 6.43 Å². The maximum absolute atomic E-state index is 13.4. The lowest BCUT2D eigenvalue weighted by molar-refractivity contribution is 0.0698. The summed E-state index contributed by atoms with van der Waals surface area (Å²) in [5, 5.41) is 8.78. The largest absolute Gasteiger partial charge is 0.478 e. The van der Waals surface area contributed by atoms with Gasteiger partial charge in [-0.25, -0.2) is 18.0 Å². The molecule has 0 unspecified atom stereocenters. The van der Waals surface area contributed by atoms with Crippen LogP contribution in [0.15, 0.2) is 12.1 Å². The van der Waals surface area contributed by atoms with E-state index in [1.54, 1.807) is 0 Å². The Morgan fingerprint density at radius 1 is 1.53 bits per heavy atom. The van der Waals surface area contributed by atoms with E-state index in [9.17, 15) is 18.0 Å². The van der Waals surface area contributed by atoms with Gasteiger partial charge in [0.1, 0.15) is 5.82 Å². The molecule has 7 heteroatoms. The van der Waals surface area contributed by atoms with Crippen LogP contribution >= 0.6 is 0 Å². The van der Waals surface area contributed by atoms with Crippen LogP contribution in [0.4, 0.5) is 24.5 Å². The number of rotatable bonds is 4. The third kappa shape index (κ3) is 3.02. The molecule has 0 radical (unpaired) electrons. The number of aromatic carboxylic acids is 1. The molecule has 0 heterocycles. The van der Waals surface area contributed by atoms with Gasteiger partial charge in [-0.1, -0.05) is 0 Å². The Bertz CT molecular complexity index is 438. The number of benzene rings is 1. The van der Waals surface area contributed by atoms with Crippen LogP contribution in [-0.2, 0) is 0 Å². The average molecular weight is 248 g/mol. The number of anilines is 2. The topological polar surface area (TPSA) is 66.6 Å². The van der Waals surface area contributed by atoms with Gasteiger partial charge in [-0.2, -0.15) is 0 Å². The van der Waals surface area contributed by atoms with Crippen molar-refractivity contribution in [1.29, 1.82) is 0 Å². The zero-order valence-corrected chi connectivity index (χ0v) is 8.95. The van der Waals surface area contributed by atoms with E-state index < -0.39 is 24.8 Å². The highest BCUT2D eigenvalue weighted by molar-refractivity contribution is 5.95. The monoisotopic (exact) mass is 248 g/mol. The Balaban J connectivity index is 3.15. The predicted molar refractivity (Wildman–Crippen MR) is 57.0 cm³/mol. The third-order valence-corrected chi connectivity index (χ3v) is 2.17. The number of nitrogen functional groups attached to an aromatic ring is 1. The van der Waals surface area contributed by atoms with E-state index in [2.05, 4.69) is 0 Å². The summed E-state index contributed by atoms with van der Waals surface area (Å²) in [5.41, 5.74) is 4.52. The molecule has 0 saturated heterocycles. The first-order valence-corrected chi connectivity index (χ1v) is 4.64. The number of nitrogens with zero attached hydrogens (tertiary/aromatic N) is 1. The van der Waals surface area contributed by atoms with Crippen LogP contribution in [0, 0.1) is 5.82 Å². The van der Waals surface area contributed by atoms with Crippen LogP contribution in [0.25, 0.3) is 0 Å². The predicted octanol–water partition coefficient (Wildman–Crippen LogP) is 1.81. The molecule has 1 aromatic carbocycles. The van der Waals surface area contributed by atoms with Crippen molar-refractivity contribution in [2.24, 2.45) is 0 Å². The van der Waals surface area contributed by atoms with Gasteiger partial charge in [0.2, 0.25) is 0 Å². The van der Waals surface area contributed by atoms with Crippen LogP contribution in [0.3, 0.4) is 0 Å². The molecule has 0 aromatic heterocycles. The van der Waals surface area contributed by atoms with Gasteiger partial charge < -0.3 is 15.7 Å². The highest BCUT2D eigenvalue weighted by atomic mass is 19.3. The molecule has 0 spiro atoms. The molecule has 1 rings (SSSR count). The van der Waals surface area contributed by atoms with Crippen LogP contribution in [0.5, 0.6) is 0 Å². The highest BCUT2D eigenvalue weighted by Crippen LogP contribution is 2.25. The number of hydrogen-bond donors (Lipinski definition) is 2. The second-order valence-electron chi connectivity index (χ2n) is 3.47. The van der Waals surface area contributed by atoms with Crippen molar-refractivity contribution in [1.82, 2.24) is 0 Å². The zero-order valence-electron chi connectivity index (χ0n) is 8.95. The van der Waals surface area contributed by atoms with Gasteiger partial charge in [0.25, 0.3) is 6.43 Å². The summed E-state index contributed by atoms with van der Waals surface area (Å²) >= 11 is 0. The number of hydrogen-bond acceptors (Lipinski definition) is 3. The number of nitrogens with two attached hydrogens (primary N) is 1. The molecule has 1 aromatic rings. The molecule has 17 heavy (non-hydrogen) atoms. The lowest BCUT2D eigenvalue weighted by Gasteiger charge is -2.20. The quantitative estimate of drug-likeness (QED) is 0.797. The number of carbonyl (C=O) groups is 1. The first kappa shape index (κ1) is 13.1. The molecule has 0 amide bonds. The summed E-state index contributed by atoms with van der Waals surface area (Å²) < 4.78 is 37.7. The lowest BCUT2D eigenvalue weighted by atomic mass is 10.1. The Morgan fingerprint density at radius 2 is 2.12 bits per heavy atom. The maximum Gasteiger partial charge on any atom is 0.337 e. The molecule has 0 bridgehead atoms. The van der Waals surface area contributed by atoms with Gasteiger partial charge in [-0.15, -0.1) is 0 Å². The van der Waals surface area contributed by atoms with E-state index in [0.29, 0.717) is 0 Å². The van der Waals surface area contributed by atoms with E-state index in [-0.39, 0.29) is 16.9 Å². The summed E-state index contributed by atoms with van der Waals surface area (Å²) in [6, 6.07) is 1.75. The number of carboxylic acids is 1. The SMILES string of the molecule is CN(CC(F)F)c1cc(C(=O)O)c(N)cc1F. The van der Waals surface area contributed by atoms with Crippen molar-refractivity contribution >= 4 is 17.3 Å². The van der Waals surface area contributed by atoms with Crippen LogP contribution in [-0.4, -0.2) is 31.1 Å². The molecule has 0 saturated carbocycles.